The lowest BCUT2D eigenvalue weighted by Gasteiger charge is -2.23. The van der Waals surface area contributed by atoms with Gasteiger partial charge in [0.2, 0.25) is 0 Å². The number of allylic oxidation sites excluding steroid dienone is 3. The standard InChI is InChI=1S/C29H28N2O2S2/c1-16-7-19-10-23(16)25-14-29(25,13-19)21-11-24(27-26(12-21)31-17(2)33-27)20-6-4-5-18(8-20)9-22(15-32)35-28(34)30-3/h4-6,8-9,11-12,15-16,19H,7,10,13-14H2,1-3H3,(H,30,34)/b22-9-. The zero-order chi connectivity index (χ0) is 24.3. The highest BCUT2D eigenvalue weighted by Crippen LogP contribution is 2.67. The number of benzene rings is 2. The Morgan fingerprint density at radius 1 is 1.31 bits per heavy atom. The van der Waals surface area contributed by atoms with Crippen LogP contribution in [0, 0.1) is 18.8 Å². The first kappa shape index (κ1) is 22.7. The molecule has 2 bridgehead atoms. The Hall–Kier alpha value is -2.70. The minimum atomic E-state index is 0.195. The van der Waals surface area contributed by atoms with Crippen molar-refractivity contribution in [2.24, 2.45) is 11.8 Å². The molecule has 3 aromatic rings. The van der Waals surface area contributed by atoms with Crippen LogP contribution in [0.25, 0.3) is 28.3 Å². The van der Waals surface area contributed by atoms with Gasteiger partial charge in [0.05, 0.1) is 4.91 Å². The number of aromatic nitrogens is 1. The van der Waals surface area contributed by atoms with Crippen molar-refractivity contribution in [1.82, 2.24) is 10.3 Å². The SMILES string of the molecule is CNC(=S)S/C(C=O)=C\c1cccc(-c2cc(C34CC3=C3CC(CC3C)C4)cc3nc(C)oc23)c1. The van der Waals surface area contributed by atoms with E-state index in [9.17, 15) is 4.79 Å². The smallest absolute Gasteiger partial charge is 0.192 e. The van der Waals surface area contributed by atoms with Crippen molar-refractivity contribution in [2.75, 3.05) is 7.05 Å². The van der Waals surface area contributed by atoms with Crippen LogP contribution in [0.4, 0.5) is 0 Å². The van der Waals surface area contributed by atoms with Crippen molar-refractivity contribution in [3.63, 3.8) is 0 Å². The van der Waals surface area contributed by atoms with Gasteiger partial charge in [-0.2, -0.15) is 0 Å². The van der Waals surface area contributed by atoms with Gasteiger partial charge in [0, 0.05) is 24.9 Å². The van der Waals surface area contributed by atoms with Gasteiger partial charge >= 0.3 is 0 Å². The molecule has 0 spiro atoms. The number of hydrogen-bond acceptors (Lipinski definition) is 5. The summed E-state index contributed by atoms with van der Waals surface area (Å²) >= 11 is 6.48. The molecular weight excluding hydrogens is 472 g/mol. The molecule has 1 heterocycles. The monoisotopic (exact) mass is 500 g/mol. The molecule has 0 amide bonds. The first-order chi connectivity index (χ1) is 16.9. The summed E-state index contributed by atoms with van der Waals surface area (Å²) in [6.07, 6.45) is 7.81. The third kappa shape index (κ3) is 3.87. The van der Waals surface area contributed by atoms with Crippen LogP contribution in [-0.4, -0.2) is 22.6 Å². The number of rotatable bonds is 5. The average molecular weight is 501 g/mol. The van der Waals surface area contributed by atoms with Crippen LogP contribution in [0.2, 0.25) is 0 Å². The minimum absolute atomic E-state index is 0.195. The molecule has 3 aliphatic carbocycles. The number of carbonyl (C=O) groups excluding carboxylic acids is 1. The van der Waals surface area contributed by atoms with E-state index in [1.807, 2.05) is 25.1 Å². The Balaban J connectivity index is 1.45. The summed E-state index contributed by atoms with van der Waals surface area (Å²) in [5.41, 5.74) is 9.82. The second-order valence-electron chi connectivity index (χ2n) is 10.2. The van der Waals surface area contributed by atoms with E-state index in [-0.39, 0.29) is 5.41 Å². The Bertz CT molecular complexity index is 1450. The van der Waals surface area contributed by atoms with Crippen molar-refractivity contribution < 1.29 is 9.21 Å². The maximum atomic E-state index is 11.6. The fourth-order valence-corrected chi connectivity index (χ4v) is 7.26. The van der Waals surface area contributed by atoms with Crippen LogP contribution in [0.15, 0.2) is 56.9 Å². The molecule has 6 heteroatoms. The van der Waals surface area contributed by atoms with Gasteiger partial charge in [-0.25, -0.2) is 4.98 Å². The maximum Gasteiger partial charge on any atom is 0.192 e. The van der Waals surface area contributed by atoms with Crippen molar-refractivity contribution in [3.8, 4) is 11.1 Å². The lowest BCUT2D eigenvalue weighted by molar-refractivity contribution is -0.104. The third-order valence-corrected chi connectivity index (χ3v) is 9.23. The number of thioether (sulfide) groups is 1. The molecule has 2 saturated carbocycles. The van der Waals surface area contributed by atoms with Crippen molar-refractivity contribution >= 4 is 51.8 Å². The lowest BCUT2D eigenvalue weighted by atomic mass is 9.80. The normalized spacial score (nSPS) is 25.1. The molecule has 2 fully saturated rings. The zero-order valence-corrected chi connectivity index (χ0v) is 21.8. The molecule has 3 atom stereocenters. The van der Waals surface area contributed by atoms with Crippen LogP contribution in [-0.2, 0) is 10.2 Å². The highest BCUT2D eigenvalue weighted by molar-refractivity contribution is 8.26. The number of fused-ring (bicyclic) bond motifs is 4. The molecule has 1 N–H and O–H groups in total. The number of nitrogens with zero attached hydrogens (tertiary/aromatic N) is 1. The summed E-state index contributed by atoms with van der Waals surface area (Å²) in [6.45, 7) is 4.31. The maximum absolute atomic E-state index is 11.6. The average Bonchev–Trinajstić information content (AvgIpc) is 3.35. The van der Waals surface area contributed by atoms with Crippen LogP contribution < -0.4 is 5.32 Å². The summed E-state index contributed by atoms with van der Waals surface area (Å²) in [4.78, 5) is 16.9. The van der Waals surface area contributed by atoms with E-state index in [0.717, 1.165) is 45.9 Å². The molecule has 1 aromatic heterocycles. The molecule has 0 radical (unpaired) electrons. The highest BCUT2D eigenvalue weighted by Gasteiger charge is 2.58. The predicted molar refractivity (Wildman–Crippen MR) is 147 cm³/mol. The van der Waals surface area contributed by atoms with Gasteiger partial charge in [-0.1, -0.05) is 60.2 Å². The second kappa shape index (κ2) is 8.45. The zero-order valence-electron chi connectivity index (χ0n) is 20.2. The summed E-state index contributed by atoms with van der Waals surface area (Å²) in [7, 11) is 1.76. The second-order valence-corrected chi connectivity index (χ2v) is 12.0. The first-order valence-electron chi connectivity index (χ1n) is 12.2. The van der Waals surface area contributed by atoms with Gasteiger partial charge in [-0.15, -0.1) is 0 Å². The molecule has 2 aromatic carbocycles. The number of nitrogens with one attached hydrogen (secondary N) is 1. The fraction of sp³-hybridized carbons (Fsp3) is 0.345. The third-order valence-electron chi connectivity index (χ3n) is 7.93. The largest absolute Gasteiger partial charge is 0.440 e. The number of hydrogen-bond donors (Lipinski definition) is 1. The first-order valence-corrected chi connectivity index (χ1v) is 13.4. The van der Waals surface area contributed by atoms with Gasteiger partial charge in [0.15, 0.2) is 17.8 Å². The summed E-state index contributed by atoms with van der Waals surface area (Å²) in [5.74, 6) is 2.22. The van der Waals surface area contributed by atoms with Crippen molar-refractivity contribution in [3.05, 3.63) is 69.5 Å². The Kier molecular flexibility index (Phi) is 5.49. The molecule has 35 heavy (non-hydrogen) atoms. The summed E-state index contributed by atoms with van der Waals surface area (Å²) in [6, 6.07) is 12.9. The van der Waals surface area contributed by atoms with Crippen molar-refractivity contribution in [2.45, 2.75) is 44.9 Å². The van der Waals surface area contributed by atoms with Crippen molar-refractivity contribution in [1.29, 1.82) is 0 Å². The molecule has 3 unspecified atom stereocenters. The molecule has 6 rings (SSSR count). The summed E-state index contributed by atoms with van der Waals surface area (Å²) < 4.78 is 6.66. The van der Waals surface area contributed by atoms with Gasteiger partial charge in [-0.3, -0.25) is 4.79 Å². The molecule has 178 valence electrons. The van der Waals surface area contributed by atoms with E-state index < -0.39 is 0 Å². The van der Waals surface area contributed by atoms with E-state index in [0.29, 0.717) is 15.1 Å². The number of aryl methyl sites for hydroxylation is 1. The molecular formula is C29H28N2O2S2. The summed E-state index contributed by atoms with van der Waals surface area (Å²) in [5, 5.41) is 2.90. The number of carbonyl (C=O) groups is 1. The van der Waals surface area contributed by atoms with Gasteiger partial charge < -0.3 is 9.73 Å². The molecule has 3 aliphatic rings. The van der Waals surface area contributed by atoms with E-state index >= 15 is 0 Å². The van der Waals surface area contributed by atoms with Crippen LogP contribution >= 0.6 is 24.0 Å². The van der Waals surface area contributed by atoms with E-state index in [1.165, 1.54) is 43.0 Å². The Labute approximate surface area is 215 Å². The van der Waals surface area contributed by atoms with E-state index in [2.05, 4.69) is 36.5 Å². The minimum Gasteiger partial charge on any atom is -0.440 e. The molecule has 4 nitrogen and oxygen atoms in total. The molecule has 0 saturated heterocycles. The Morgan fingerprint density at radius 2 is 2.17 bits per heavy atom. The van der Waals surface area contributed by atoms with Gasteiger partial charge in [0.1, 0.15) is 9.84 Å². The number of oxazole rings is 1. The van der Waals surface area contributed by atoms with E-state index in [1.54, 1.807) is 18.2 Å². The predicted octanol–water partition coefficient (Wildman–Crippen LogP) is 6.97. The topological polar surface area (TPSA) is 55.1 Å². The quantitative estimate of drug-likeness (QED) is 0.177. The van der Waals surface area contributed by atoms with E-state index in [4.69, 9.17) is 21.6 Å². The van der Waals surface area contributed by atoms with Crippen LogP contribution in [0.3, 0.4) is 0 Å². The van der Waals surface area contributed by atoms with Crippen LogP contribution in [0.5, 0.6) is 0 Å². The molecule has 0 aliphatic heterocycles. The van der Waals surface area contributed by atoms with Crippen LogP contribution in [0.1, 0.15) is 49.6 Å². The fourth-order valence-electron chi connectivity index (χ4n) is 6.42. The Morgan fingerprint density at radius 3 is 2.97 bits per heavy atom. The highest BCUT2D eigenvalue weighted by atomic mass is 32.2. The number of aldehydes is 1. The number of thiocarbonyl (C=S) groups is 1. The van der Waals surface area contributed by atoms with Gasteiger partial charge in [-0.05, 0) is 78.5 Å². The lowest BCUT2D eigenvalue weighted by Crippen LogP contribution is -2.15. The van der Waals surface area contributed by atoms with Gasteiger partial charge in [0.25, 0.3) is 0 Å².